The number of hydrogen-bond acceptors (Lipinski definition) is 3. The zero-order valence-corrected chi connectivity index (χ0v) is 22.9. The van der Waals surface area contributed by atoms with E-state index < -0.39 is 0 Å². The number of ketones is 1. The van der Waals surface area contributed by atoms with Gasteiger partial charge < -0.3 is 4.74 Å². The number of allylic oxidation sites excluding steroid dienone is 1. The first kappa shape index (κ1) is 24.6. The van der Waals surface area contributed by atoms with Crippen molar-refractivity contribution in [2.24, 2.45) is 56.7 Å². The van der Waals surface area contributed by atoms with E-state index in [1.807, 2.05) is 0 Å². The number of carbonyl (C=O) groups is 2. The van der Waals surface area contributed by atoms with Crippen LogP contribution in [0.1, 0.15) is 106 Å². The normalized spacial score (nSPS) is 51.5. The van der Waals surface area contributed by atoms with E-state index in [4.69, 9.17) is 4.74 Å². The molecule has 0 saturated heterocycles. The molecular formula is C31H48O3. The van der Waals surface area contributed by atoms with Crippen molar-refractivity contribution in [1.82, 2.24) is 0 Å². The van der Waals surface area contributed by atoms with Gasteiger partial charge in [0.15, 0.2) is 0 Å². The Balaban J connectivity index is 1.57. The van der Waals surface area contributed by atoms with Crippen LogP contribution in [0.15, 0.2) is 12.2 Å². The zero-order chi connectivity index (χ0) is 24.9. The van der Waals surface area contributed by atoms with Crippen LogP contribution in [0.2, 0.25) is 0 Å². The van der Waals surface area contributed by atoms with E-state index in [-0.39, 0.29) is 33.0 Å². The third-order valence-electron chi connectivity index (χ3n) is 13.4. The quantitative estimate of drug-likeness (QED) is 0.313. The van der Waals surface area contributed by atoms with Crippen LogP contribution in [-0.2, 0) is 14.3 Å². The second-order valence-electron chi connectivity index (χ2n) is 14.5. The van der Waals surface area contributed by atoms with Crippen molar-refractivity contribution in [3.05, 3.63) is 12.2 Å². The molecule has 3 nitrogen and oxygen atoms in total. The molecule has 0 aromatic rings. The van der Waals surface area contributed by atoms with E-state index >= 15 is 0 Å². The average Bonchev–Trinajstić information content (AvgIpc) is 3.18. The smallest absolute Gasteiger partial charge is 0.312 e. The van der Waals surface area contributed by atoms with Gasteiger partial charge in [-0.3, -0.25) is 9.59 Å². The highest BCUT2D eigenvalue weighted by molar-refractivity contribution is 5.85. The van der Waals surface area contributed by atoms with Crippen LogP contribution in [0.5, 0.6) is 0 Å². The molecule has 0 spiro atoms. The first-order valence-corrected chi connectivity index (χ1v) is 14.1. The highest BCUT2D eigenvalue weighted by Crippen LogP contribution is 2.77. The number of rotatable bonds is 2. The summed E-state index contributed by atoms with van der Waals surface area (Å²) in [5.41, 5.74) is 1.45. The SMILES string of the molecule is C=C(C)[C@@H]1CC[C@]2(C(=O)OC)CC[C@]3(C)C(CC[C@@H]4[C@@]5(C)CCC(=O)C(C)(C)[C@@H]5CC[C@]43C)[C@@H]12. The molecule has 0 radical (unpaired) electrons. The number of esters is 1. The van der Waals surface area contributed by atoms with Crippen molar-refractivity contribution in [3.63, 3.8) is 0 Å². The molecule has 5 aliphatic rings. The summed E-state index contributed by atoms with van der Waals surface area (Å²) >= 11 is 0. The highest BCUT2D eigenvalue weighted by Gasteiger charge is 2.72. The molecule has 0 aromatic carbocycles. The zero-order valence-electron chi connectivity index (χ0n) is 22.9. The third kappa shape index (κ3) is 2.76. The lowest BCUT2D eigenvalue weighted by Gasteiger charge is -2.72. The van der Waals surface area contributed by atoms with Gasteiger partial charge in [0.05, 0.1) is 12.5 Å². The second-order valence-corrected chi connectivity index (χ2v) is 14.5. The average molecular weight is 469 g/mol. The Labute approximate surface area is 207 Å². The van der Waals surface area contributed by atoms with Crippen molar-refractivity contribution >= 4 is 11.8 Å². The molecule has 9 atom stereocenters. The Bertz CT molecular complexity index is 918. The van der Waals surface area contributed by atoms with Gasteiger partial charge in [-0.15, -0.1) is 0 Å². The minimum Gasteiger partial charge on any atom is -0.469 e. The minimum absolute atomic E-state index is 0.0405. The van der Waals surface area contributed by atoms with Crippen molar-refractivity contribution in [3.8, 4) is 0 Å². The van der Waals surface area contributed by atoms with Crippen LogP contribution in [-0.4, -0.2) is 18.9 Å². The standard InChI is InChI=1S/C31H48O3/c1-19(2)20-11-16-31(26(33)34-8)18-17-29(6)21(25(20)31)9-10-23-28(5)14-13-24(32)27(3,4)22(28)12-15-30(23,29)7/h20-23,25H,1,9-18H2,2-8H3/t20-,21?,22-,23+,25+,28-,29+,30+,31-/m0/s1. The molecule has 0 amide bonds. The predicted octanol–water partition coefficient (Wildman–Crippen LogP) is 7.39. The summed E-state index contributed by atoms with van der Waals surface area (Å²) in [6.07, 6.45) is 10.8. The number of fused-ring (bicyclic) bond motifs is 7. The molecule has 5 aliphatic carbocycles. The number of carbonyl (C=O) groups excluding carboxylic acids is 2. The third-order valence-corrected chi connectivity index (χ3v) is 13.4. The summed E-state index contributed by atoms with van der Waals surface area (Å²) in [4.78, 5) is 26.3. The topological polar surface area (TPSA) is 43.4 Å². The molecular weight excluding hydrogens is 420 g/mol. The van der Waals surface area contributed by atoms with E-state index in [9.17, 15) is 9.59 Å². The van der Waals surface area contributed by atoms with E-state index in [2.05, 4.69) is 48.1 Å². The Morgan fingerprint density at radius 3 is 2.24 bits per heavy atom. The first-order chi connectivity index (χ1) is 15.8. The summed E-state index contributed by atoms with van der Waals surface area (Å²) in [5.74, 6) is 3.01. The van der Waals surface area contributed by atoms with Gasteiger partial charge >= 0.3 is 5.97 Å². The number of Topliss-reactive ketones (excluding diaryl/α,β-unsaturated/α-hetero) is 1. The Morgan fingerprint density at radius 1 is 0.882 bits per heavy atom. The van der Waals surface area contributed by atoms with Gasteiger partial charge in [0, 0.05) is 11.8 Å². The molecule has 3 heteroatoms. The summed E-state index contributed by atoms with van der Waals surface area (Å²) in [6, 6.07) is 0. The Hall–Kier alpha value is -1.12. The van der Waals surface area contributed by atoms with Gasteiger partial charge in [-0.2, -0.15) is 0 Å². The van der Waals surface area contributed by atoms with Gasteiger partial charge in [0.25, 0.3) is 0 Å². The molecule has 1 unspecified atom stereocenters. The lowest BCUT2D eigenvalue weighted by Crippen LogP contribution is -2.66. The van der Waals surface area contributed by atoms with Gasteiger partial charge in [-0.05, 0) is 111 Å². The number of methoxy groups -OCH3 is 1. The van der Waals surface area contributed by atoms with Crippen LogP contribution in [0.25, 0.3) is 0 Å². The van der Waals surface area contributed by atoms with Crippen LogP contribution >= 0.6 is 0 Å². The largest absolute Gasteiger partial charge is 0.469 e. The maximum absolute atomic E-state index is 13.3. The maximum atomic E-state index is 13.3. The summed E-state index contributed by atoms with van der Waals surface area (Å²) < 4.78 is 5.49. The number of ether oxygens (including phenoxy) is 1. The van der Waals surface area contributed by atoms with Gasteiger partial charge in [-0.25, -0.2) is 0 Å². The fourth-order valence-electron chi connectivity index (χ4n) is 11.5. The maximum Gasteiger partial charge on any atom is 0.312 e. The van der Waals surface area contributed by atoms with Crippen LogP contribution in [0.4, 0.5) is 0 Å². The molecule has 0 aliphatic heterocycles. The molecule has 190 valence electrons. The summed E-state index contributed by atoms with van der Waals surface area (Å²) in [7, 11) is 1.59. The molecule has 0 bridgehead atoms. The van der Waals surface area contributed by atoms with Gasteiger partial charge in [-0.1, -0.05) is 46.8 Å². The van der Waals surface area contributed by atoms with Gasteiger partial charge in [0.2, 0.25) is 0 Å². The van der Waals surface area contributed by atoms with Crippen molar-refractivity contribution in [1.29, 1.82) is 0 Å². The predicted molar refractivity (Wildman–Crippen MR) is 136 cm³/mol. The van der Waals surface area contributed by atoms with E-state index in [0.717, 1.165) is 38.5 Å². The monoisotopic (exact) mass is 468 g/mol. The van der Waals surface area contributed by atoms with Crippen molar-refractivity contribution < 1.29 is 14.3 Å². The van der Waals surface area contributed by atoms with Crippen molar-refractivity contribution in [2.75, 3.05) is 7.11 Å². The lowest BCUT2D eigenvalue weighted by atomic mass is 9.32. The van der Waals surface area contributed by atoms with E-state index in [1.54, 1.807) is 7.11 Å². The molecule has 0 heterocycles. The Kier molecular flexibility index (Phi) is 5.38. The number of hydrogen-bond donors (Lipinski definition) is 0. The van der Waals surface area contributed by atoms with Crippen molar-refractivity contribution in [2.45, 2.75) is 106 Å². The fraction of sp³-hybridized carbons (Fsp3) is 0.871. The highest BCUT2D eigenvalue weighted by atomic mass is 16.5. The van der Waals surface area contributed by atoms with Crippen LogP contribution in [0, 0.1) is 56.7 Å². The molecule has 0 N–H and O–H groups in total. The molecule has 0 aromatic heterocycles. The van der Waals surface area contributed by atoms with E-state index in [1.165, 1.54) is 31.3 Å². The lowest BCUT2D eigenvalue weighted by molar-refractivity contribution is -0.235. The fourth-order valence-corrected chi connectivity index (χ4v) is 11.5. The van der Waals surface area contributed by atoms with Crippen LogP contribution in [0.3, 0.4) is 0 Å². The second kappa shape index (κ2) is 7.45. The molecule has 5 fully saturated rings. The summed E-state index contributed by atoms with van der Waals surface area (Å²) in [5, 5.41) is 0. The first-order valence-electron chi connectivity index (χ1n) is 14.1. The van der Waals surface area contributed by atoms with E-state index in [0.29, 0.717) is 35.4 Å². The molecule has 5 rings (SSSR count). The Morgan fingerprint density at radius 2 is 1.59 bits per heavy atom. The van der Waals surface area contributed by atoms with Gasteiger partial charge in [0.1, 0.15) is 5.78 Å². The van der Waals surface area contributed by atoms with Crippen LogP contribution < -0.4 is 0 Å². The minimum atomic E-state index is -0.313. The summed E-state index contributed by atoms with van der Waals surface area (Å²) in [6.45, 7) is 18.8. The molecule has 5 saturated carbocycles. The molecule has 34 heavy (non-hydrogen) atoms.